The van der Waals surface area contributed by atoms with Gasteiger partial charge in [-0.1, -0.05) is 6.07 Å². The first kappa shape index (κ1) is 29.7. The Balaban J connectivity index is 1.53. The van der Waals surface area contributed by atoms with E-state index in [1.807, 2.05) is 24.6 Å². The van der Waals surface area contributed by atoms with Gasteiger partial charge in [0.2, 0.25) is 0 Å². The number of benzene rings is 3. The summed E-state index contributed by atoms with van der Waals surface area (Å²) in [4.78, 5) is 8.92. The fraction of sp³-hybridized carbons (Fsp3) is 0.273. The average Bonchev–Trinajstić information content (AvgIpc) is 3.63. The maximum absolute atomic E-state index is 15.2. The van der Waals surface area contributed by atoms with Crippen molar-refractivity contribution in [3.63, 3.8) is 0 Å². The summed E-state index contributed by atoms with van der Waals surface area (Å²) in [6.45, 7) is 5.13. The summed E-state index contributed by atoms with van der Waals surface area (Å²) >= 11 is 0. The molecule has 0 saturated heterocycles. The Kier molecular flexibility index (Phi) is 7.63. The topological polar surface area (TPSA) is 107 Å². The van der Waals surface area contributed by atoms with E-state index in [0.29, 0.717) is 58.1 Å². The van der Waals surface area contributed by atoms with Crippen LogP contribution in [0.25, 0.3) is 39.4 Å². The molecule has 8 nitrogen and oxygen atoms in total. The average molecular weight is 620 g/mol. The van der Waals surface area contributed by atoms with E-state index in [1.54, 1.807) is 37.3 Å². The van der Waals surface area contributed by atoms with Gasteiger partial charge >= 0.3 is 0 Å². The molecule has 0 unspecified atom stereocenters. The van der Waals surface area contributed by atoms with E-state index in [9.17, 15) is 13.5 Å². The molecular weight excluding hydrogens is 588 g/mol. The number of aliphatic hydroxyl groups excluding tert-OH is 1. The SMILES string of the molecule is Cc1cn(-c2ccc(-c3cc(F)c(CO)c(S(C)(=O)=O)c3)cc2-c2nc(C)oc2-c2ccc(OCC3CC3)c(F)c2)c(C)n1. The number of rotatable bonds is 9. The van der Waals surface area contributed by atoms with Gasteiger partial charge < -0.3 is 18.8 Å². The van der Waals surface area contributed by atoms with Crippen LogP contribution >= 0.6 is 0 Å². The fourth-order valence-electron chi connectivity index (χ4n) is 5.30. The van der Waals surface area contributed by atoms with E-state index in [2.05, 4.69) is 9.97 Å². The Labute approximate surface area is 253 Å². The highest BCUT2D eigenvalue weighted by Crippen LogP contribution is 2.40. The molecule has 1 saturated carbocycles. The molecule has 228 valence electrons. The van der Waals surface area contributed by atoms with Gasteiger partial charge in [0, 0.05) is 36.1 Å². The van der Waals surface area contributed by atoms with E-state index < -0.39 is 28.1 Å². The van der Waals surface area contributed by atoms with Crippen molar-refractivity contribution in [1.29, 1.82) is 0 Å². The van der Waals surface area contributed by atoms with E-state index in [-0.39, 0.29) is 21.8 Å². The van der Waals surface area contributed by atoms with Crippen LogP contribution in [-0.4, -0.2) is 40.9 Å². The van der Waals surface area contributed by atoms with Crippen LogP contribution in [-0.2, 0) is 16.4 Å². The van der Waals surface area contributed by atoms with Gasteiger partial charge in [-0.15, -0.1) is 0 Å². The van der Waals surface area contributed by atoms with Crippen molar-refractivity contribution in [3.05, 3.63) is 89.3 Å². The molecule has 3 aromatic carbocycles. The normalized spacial score (nSPS) is 13.4. The van der Waals surface area contributed by atoms with Crippen molar-refractivity contribution >= 4 is 9.84 Å². The molecule has 2 aromatic heterocycles. The van der Waals surface area contributed by atoms with Crippen molar-refractivity contribution in [3.8, 4) is 45.1 Å². The van der Waals surface area contributed by atoms with Crippen molar-refractivity contribution < 1.29 is 31.5 Å². The van der Waals surface area contributed by atoms with Gasteiger partial charge in [0.25, 0.3) is 0 Å². The minimum atomic E-state index is -3.85. The molecule has 1 aliphatic carbocycles. The highest BCUT2D eigenvalue weighted by molar-refractivity contribution is 7.90. The number of hydrogen-bond donors (Lipinski definition) is 1. The molecule has 1 aliphatic rings. The quantitative estimate of drug-likeness (QED) is 0.195. The summed E-state index contributed by atoms with van der Waals surface area (Å²) in [5.41, 5.74) is 3.39. The zero-order chi connectivity index (χ0) is 31.3. The van der Waals surface area contributed by atoms with E-state index in [0.717, 1.165) is 24.8 Å². The molecule has 0 bridgehead atoms. The lowest BCUT2D eigenvalue weighted by Crippen LogP contribution is -2.06. The van der Waals surface area contributed by atoms with E-state index >= 15 is 8.78 Å². The maximum atomic E-state index is 15.2. The second-order valence-corrected chi connectivity index (χ2v) is 13.2. The molecule has 2 heterocycles. The number of hydrogen-bond acceptors (Lipinski definition) is 7. The number of halogens is 2. The summed E-state index contributed by atoms with van der Waals surface area (Å²) in [6.07, 6.45) is 5.01. The van der Waals surface area contributed by atoms with E-state index in [1.165, 1.54) is 18.2 Å². The Morgan fingerprint density at radius 2 is 1.70 bits per heavy atom. The summed E-state index contributed by atoms with van der Waals surface area (Å²) in [5.74, 6) is 0.652. The van der Waals surface area contributed by atoms with Gasteiger partial charge in [0.05, 0.1) is 29.5 Å². The molecule has 0 aliphatic heterocycles. The molecule has 6 rings (SSSR count). The van der Waals surface area contributed by atoms with Crippen LogP contribution in [0, 0.1) is 38.3 Å². The highest BCUT2D eigenvalue weighted by atomic mass is 32.2. The Hall–Kier alpha value is -4.35. The van der Waals surface area contributed by atoms with Crippen LogP contribution in [0.3, 0.4) is 0 Å². The highest BCUT2D eigenvalue weighted by Gasteiger charge is 2.25. The summed E-state index contributed by atoms with van der Waals surface area (Å²) < 4.78 is 68.8. The fourth-order valence-corrected chi connectivity index (χ4v) is 6.25. The molecule has 1 fully saturated rings. The second-order valence-electron chi connectivity index (χ2n) is 11.2. The molecule has 1 N–H and O–H groups in total. The van der Waals surface area contributed by atoms with Gasteiger partial charge in [-0.2, -0.15) is 0 Å². The standard InChI is InChI=1S/C33H31F2N3O5S/c1-18-15-38(19(2)36-18)29-9-7-22(24-13-27(34)26(16-39)31(14-24)44(4,40)41)11-25(29)32-33(43-20(3)37-32)23-8-10-30(28(35)12-23)42-17-21-5-6-21/h7-15,21,39H,5-6,16-17H2,1-4H3. The van der Waals surface area contributed by atoms with Gasteiger partial charge in [-0.25, -0.2) is 27.2 Å². The van der Waals surface area contributed by atoms with Crippen molar-refractivity contribution in [2.24, 2.45) is 5.92 Å². The van der Waals surface area contributed by atoms with Crippen LogP contribution in [0.15, 0.2) is 64.0 Å². The first-order chi connectivity index (χ1) is 20.9. The van der Waals surface area contributed by atoms with Crippen LogP contribution in [0.4, 0.5) is 8.78 Å². The number of aromatic nitrogens is 3. The molecule has 44 heavy (non-hydrogen) atoms. The first-order valence-electron chi connectivity index (χ1n) is 14.1. The van der Waals surface area contributed by atoms with Crippen molar-refractivity contribution in [1.82, 2.24) is 14.5 Å². The lowest BCUT2D eigenvalue weighted by Gasteiger charge is -2.15. The summed E-state index contributed by atoms with van der Waals surface area (Å²) in [6, 6.07) is 12.5. The number of aliphatic hydroxyl groups is 1. The predicted octanol–water partition coefficient (Wildman–Crippen LogP) is 6.75. The van der Waals surface area contributed by atoms with Crippen LogP contribution < -0.4 is 4.74 Å². The van der Waals surface area contributed by atoms with Crippen LogP contribution in [0.1, 0.15) is 35.8 Å². The molecule has 0 atom stereocenters. The van der Waals surface area contributed by atoms with Gasteiger partial charge in [0.15, 0.2) is 33.1 Å². The Morgan fingerprint density at radius 3 is 2.34 bits per heavy atom. The van der Waals surface area contributed by atoms with Gasteiger partial charge in [-0.05, 0) is 86.2 Å². The number of oxazole rings is 1. The minimum Gasteiger partial charge on any atom is -0.490 e. The number of sulfone groups is 1. The zero-order valence-corrected chi connectivity index (χ0v) is 25.5. The smallest absolute Gasteiger partial charge is 0.192 e. The largest absolute Gasteiger partial charge is 0.490 e. The van der Waals surface area contributed by atoms with Gasteiger partial charge in [-0.3, -0.25) is 0 Å². The third-order valence-electron chi connectivity index (χ3n) is 7.66. The van der Waals surface area contributed by atoms with Crippen molar-refractivity contribution in [2.45, 2.75) is 45.1 Å². The number of imidazole rings is 1. The molecule has 0 spiro atoms. The lowest BCUT2D eigenvalue weighted by atomic mass is 9.97. The molecular formula is C33H31F2N3O5S. The van der Waals surface area contributed by atoms with E-state index in [4.69, 9.17) is 9.15 Å². The minimum absolute atomic E-state index is 0.167. The monoisotopic (exact) mass is 619 g/mol. The molecule has 11 heteroatoms. The first-order valence-corrected chi connectivity index (χ1v) is 16.0. The predicted molar refractivity (Wildman–Crippen MR) is 161 cm³/mol. The summed E-state index contributed by atoms with van der Waals surface area (Å²) in [7, 11) is -3.85. The molecule has 5 aromatic rings. The maximum Gasteiger partial charge on any atom is 0.192 e. The number of aryl methyl sites for hydroxylation is 3. The number of nitrogens with zero attached hydrogens (tertiary/aromatic N) is 3. The Bertz CT molecular complexity index is 2010. The lowest BCUT2D eigenvalue weighted by molar-refractivity contribution is 0.272. The third-order valence-corrected chi connectivity index (χ3v) is 8.82. The van der Waals surface area contributed by atoms with Crippen LogP contribution in [0.2, 0.25) is 0 Å². The second kappa shape index (κ2) is 11.3. The number of ether oxygens (including phenoxy) is 1. The van der Waals surface area contributed by atoms with Crippen LogP contribution in [0.5, 0.6) is 5.75 Å². The third kappa shape index (κ3) is 5.77. The van der Waals surface area contributed by atoms with Crippen molar-refractivity contribution in [2.75, 3.05) is 12.9 Å². The molecule has 0 radical (unpaired) electrons. The van der Waals surface area contributed by atoms with Gasteiger partial charge in [0.1, 0.15) is 17.3 Å². The molecule has 0 amide bonds. The zero-order valence-electron chi connectivity index (χ0n) is 24.7. The Morgan fingerprint density at radius 1 is 0.977 bits per heavy atom. The summed E-state index contributed by atoms with van der Waals surface area (Å²) in [5, 5.41) is 9.68.